The topological polar surface area (TPSA) is 94.5 Å². The summed E-state index contributed by atoms with van der Waals surface area (Å²) in [5.74, 6) is 1.62. The molecular formula is C17H22N4O3. The summed E-state index contributed by atoms with van der Waals surface area (Å²) in [7, 11) is 1.61. The lowest BCUT2D eigenvalue weighted by atomic mass is 10.2. The molecule has 1 aliphatic rings. The van der Waals surface area contributed by atoms with Gasteiger partial charge in [0.1, 0.15) is 23.2 Å². The van der Waals surface area contributed by atoms with Crippen molar-refractivity contribution in [3.05, 3.63) is 29.8 Å². The van der Waals surface area contributed by atoms with Crippen molar-refractivity contribution in [1.82, 2.24) is 14.9 Å². The standard InChI is InChI=1S/C17H22N4O3/c1-10(2)24-7-6-21-9-14(22)15(16(21)18)17-19-12-5-4-11(23-3)8-13(12)20-17/h4-5,8,10,18,22H,6-7,9H2,1-3H3,(H,19,20). The van der Waals surface area contributed by atoms with Crippen LogP contribution in [0.3, 0.4) is 0 Å². The largest absolute Gasteiger partial charge is 0.510 e. The SMILES string of the molecule is COc1ccc2nc(C3=C(O)CN(CCOC(C)C)C3=N)[nH]c2c1. The van der Waals surface area contributed by atoms with E-state index < -0.39 is 0 Å². The number of ether oxygens (including phenoxy) is 2. The lowest BCUT2D eigenvalue weighted by molar-refractivity contribution is 0.0705. The molecule has 7 nitrogen and oxygen atoms in total. The van der Waals surface area contributed by atoms with Gasteiger partial charge in [-0.25, -0.2) is 4.98 Å². The quantitative estimate of drug-likeness (QED) is 0.757. The number of hydrogen-bond acceptors (Lipinski definition) is 5. The van der Waals surface area contributed by atoms with Crippen molar-refractivity contribution >= 4 is 22.4 Å². The number of hydrogen-bond donors (Lipinski definition) is 3. The third-order valence-corrected chi connectivity index (χ3v) is 3.92. The highest BCUT2D eigenvalue weighted by Crippen LogP contribution is 2.28. The summed E-state index contributed by atoms with van der Waals surface area (Å²) < 4.78 is 10.7. The minimum Gasteiger partial charge on any atom is -0.510 e. The summed E-state index contributed by atoms with van der Waals surface area (Å²) in [6.45, 7) is 5.31. The number of amidine groups is 1. The molecule has 1 aromatic carbocycles. The first kappa shape index (κ1) is 16.3. The van der Waals surface area contributed by atoms with E-state index in [2.05, 4.69) is 9.97 Å². The number of fused-ring (bicyclic) bond motifs is 1. The van der Waals surface area contributed by atoms with Crippen LogP contribution in [-0.2, 0) is 4.74 Å². The molecule has 24 heavy (non-hydrogen) atoms. The number of rotatable bonds is 6. The van der Waals surface area contributed by atoms with E-state index in [9.17, 15) is 5.11 Å². The molecule has 1 aromatic heterocycles. The molecule has 1 aliphatic heterocycles. The molecule has 0 fully saturated rings. The van der Waals surface area contributed by atoms with Crippen molar-refractivity contribution in [2.24, 2.45) is 0 Å². The summed E-state index contributed by atoms with van der Waals surface area (Å²) in [5, 5.41) is 18.6. The normalized spacial score (nSPS) is 15.2. The fourth-order valence-corrected chi connectivity index (χ4v) is 2.71. The van der Waals surface area contributed by atoms with Crippen LogP contribution in [0.5, 0.6) is 5.75 Å². The zero-order valence-corrected chi connectivity index (χ0v) is 14.1. The maximum absolute atomic E-state index is 10.3. The van der Waals surface area contributed by atoms with Gasteiger partial charge in [-0.3, -0.25) is 5.41 Å². The zero-order chi connectivity index (χ0) is 17.3. The Morgan fingerprint density at radius 2 is 2.21 bits per heavy atom. The molecule has 0 amide bonds. The Hall–Kier alpha value is -2.54. The van der Waals surface area contributed by atoms with Crippen LogP contribution in [0.4, 0.5) is 0 Å². The fraction of sp³-hybridized carbons (Fsp3) is 0.412. The number of H-pyrrole nitrogens is 1. The maximum Gasteiger partial charge on any atom is 0.145 e. The van der Waals surface area contributed by atoms with Gasteiger partial charge in [0.15, 0.2) is 0 Å². The monoisotopic (exact) mass is 330 g/mol. The van der Waals surface area contributed by atoms with Crippen LogP contribution in [0.1, 0.15) is 19.7 Å². The van der Waals surface area contributed by atoms with Gasteiger partial charge >= 0.3 is 0 Å². The van der Waals surface area contributed by atoms with Gasteiger partial charge in [0, 0.05) is 12.6 Å². The van der Waals surface area contributed by atoms with E-state index in [1.54, 1.807) is 12.0 Å². The van der Waals surface area contributed by atoms with Gasteiger partial charge in [0.25, 0.3) is 0 Å². The Morgan fingerprint density at radius 3 is 2.92 bits per heavy atom. The molecule has 2 aromatic rings. The second-order valence-corrected chi connectivity index (χ2v) is 5.98. The number of aliphatic hydroxyl groups is 1. The number of aliphatic hydroxyl groups excluding tert-OH is 1. The number of aromatic nitrogens is 2. The summed E-state index contributed by atoms with van der Waals surface area (Å²) in [4.78, 5) is 9.42. The van der Waals surface area contributed by atoms with Gasteiger partial charge in [-0.15, -0.1) is 0 Å². The summed E-state index contributed by atoms with van der Waals surface area (Å²) in [5.41, 5.74) is 2.01. The highest BCUT2D eigenvalue weighted by atomic mass is 16.5. The molecule has 7 heteroatoms. The molecule has 0 atom stereocenters. The van der Waals surface area contributed by atoms with Gasteiger partial charge in [-0.1, -0.05) is 0 Å². The number of benzene rings is 1. The molecule has 0 saturated carbocycles. The van der Waals surface area contributed by atoms with Gasteiger partial charge in [0.2, 0.25) is 0 Å². The van der Waals surface area contributed by atoms with E-state index in [1.165, 1.54) is 0 Å². The molecule has 0 unspecified atom stereocenters. The number of nitrogens with zero attached hydrogens (tertiary/aromatic N) is 2. The maximum atomic E-state index is 10.3. The van der Waals surface area contributed by atoms with Crippen molar-refractivity contribution in [2.45, 2.75) is 20.0 Å². The molecule has 0 bridgehead atoms. The van der Waals surface area contributed by atoms with Crippen LogP contribution in [0.2, 0.25) is 0 Å². The lowest BCUT2D eigenvalue weighted by Crippen LogP contribution is -2.31. The summed E-state index contributed by atoms with van der Waals surface area (Å²) in [6, 6.07) is 5.52. The van der Waals surface area contributed by atoms with Crippen LogP contribution >= 0.6 is 0 Å². The Kier molecular flexibility index (Phi) is 4.44. The Morgan fingerprint density at radius 1 is 1.42 bits per heavy atom. The first-order valence-electron chi connectivity index (χ1n) is 7.91. The van der Waals surface area contributed by atoms with Crippen molar-refractivity contribution in [1.29, 1.82) is 5.41 Å². The van der Waals surface area contributed by atoms with E-state index in [1.807, 2.05) is 32.0 Å². The minimum atomic E-state index is 0.146. The lowest BCUT2D eigenvalue weighted by Gasteiger charge is -2.19. The van der Waals surface area contributed by atoms with Crippen molar-refractivity contribution in [3.8, 4) is 5.75 Å². The van der Waals surface area contributed by atoms with E-state index in [0.717, 1.165) is 16.8 Å². The van der Waals surface area contributed by atoms with Gasteiger partial charge in [-0.2, -0.15) is 0 Å². The number of imidazole rings is 1. The molecular weight excluding hydrogens is 308 g/mol. The number of methoxy groups -OCH3 is 1. The average Bonchev–Trinajstić information content (AvgIpc) is 3.06. The number of aromatic amines is 1. The molecule has 3 rings (SSSR count). The second kappa shape index (κ2) is 6.52. The fourth-order valence-electron chi connectivity index (χ4n) is 2.71. The average molecular weight is 330 g/mol. The molecule has 0 saturated heterocycles. The Labute approximate surface area is 140 Å². The first-order valence-corrected chi connectivity index (χ1v) is 7.91. The highest BCUT2D eigenvalue weighted by Gasteiger charge is 2.30. The number of nitrogens with one attached hydrogen (secondary N) is 2. The van der Waals surface area contributed by atoms with Gasteiger partial charge in [0.05, 0.1) is 43.0 Å². The first-order chi connectivity index (χ1) is 11.5. The van der Waals surface area contributed by atoms with Crippen molar-refractivity contribution in [2.75, 3.05) is 26.8 Å². The van der Waals surface area contributed by atoms with Crippen LogP contribution in [0.15, 0.2) is 24.0 Å². The molecule has 0 aliphatic carbocycles. The molecule has 3 N–H and O–H groups in total. The zero-order valence-electron chi connectivity index (χ0n) is 14.1. The highest BCUT2D eigenvalue weighted by molar-refractivity contribution is 6.23. The van der Waals surface area contributed by atoms with Crippen LogP contribution in [-0.4, -0.2) is 58.7 Å². The van der Waals surface area contributed by atoms with E-state index >= 15 is 0 Å². The Bertz CT molecular complexity index is 794. The van der Waals surface area contributed by atoms with Crippen LogP contribution in [0.25, 0.3) is 16.6 Å². The van der Waals surface area contributed by atoms with Crippen molar-refractivity contribution < 1.29 is 14.6 Å². The third-order valence-electron chi connectivity index (χ3n) is 3.92. The molecule has 2 heterocycles. The van der Waals surface area contributed by atoms with E-state index in [0.29, 0.717) is 31.1 Å². The van der Waals surface area contributed by atoms with Crippen LogP contribution < -0.4 is 4.74 Å². The van der Waals surface area contributed by atoms with E-state index in [4.69, 9.17) is 14.9 Å². The Balaban J connectivity index is 1.81. The van der Waals surface area contributed by atoms with Crippen molar-refractivity contribution in [3.63, 3.8) is 0 Å². The van der Waals surface area contributed by atoms with E-state index in [-0.39, 0.29) is 17.7 Å². The third kappa shape index (κ3) is 3.07. The molecule has 0 radical (unpaired) electrons. The minimum absolute atomic E-state index is 0.146. The molecule has 128 valence electrons. The van der Waals surface area contributed by atoms with Gasteiger partial charge in [-0.05, 0) is 26.0 Å². The second-order valence-electron chi connectivity index (χ2n) is 5.98. The summed E-state index contributed by atoms with van der Waals surface area (Å²) in [6.07, 6.45) is 0.146. The van der Waals surface area contributed by atoms with Gasteiger partial charge < -0.3 is 24.5 Å². The molecule has 0 spiro atoms. The predicted octanol–water partition coefficient (Wildman–Crippen LogP) is 2.56. The van der Waals surface area contributed by atoms with Crippen LogP contribution in [0, 0.1) is 5.41 Å². The smallest absolute Gasteiger partial charge is 0.145 e. The predicted molar refractivity (Wildman–Crippen MR) is 92.6 cm³/mol. The summed E-state index contributed by atoms with van der Waals surface area (Å²) >= 11 is 0.